The number of aryl methyl sites for hydroxylation is 3. The van der Waals surface area contributed by atoms with Crippen molar-refractivity contribution in [2.45, 2.75) is 32.0 Å². The molecule has 5 nitrogen and oxygen atoms in total. The molecule has 2 aromatic carbocycles. The summed E-state index contributed by atoms with van der Waals surface area (Å²) < 4.78 is 1.81. The highest BCUT2D eigenvalue weighted by atomic mass is 32.2. The van der Waals surface area contributed by atoms with Crippen LogP contribution in [0, 0.1) is 20.8 Å². The van der Waals surface area contributed by atoms with E-state index in [9.17, 15) is 9.59 Å². The van der Waals surface area contributed by atoms with E-state index in [1.807, 2.05) is 39.0 Å². The summed E-state index contributed by atoms with van der Waals surface area (Å²) >= 11 is 2.93. The summed E-state index contributed by atoms with van der Waals surface area (Å²) in [5, 5.41) is 5.78. The third-order valence-corrected chi connectivity index (χ3v) is 6.12. The van der Waals surface area contributed by atoms with Crippen LogP contribution in [0.25, 0.3) is 10.2 Å². The number of rotatable bonds is 5. The molecule has 0 saturated heterocycles. The quantitative estimate of drug-likeness (QED) is 0.598. The maximum absolute atomic E-state index is 12.4. The van der Waals surface area contributed by atoms with Gasteiger partial charge in [-0.15, -0.1) is 11.3 Å². The molecule has 0 atom stereocenters. The second kappa shape index (κ2) is 8.10. The number of nitrogens with one attached hydrogen (secondary N) is 2. The molecular formula is C20H21N3O2S2. The van der Waals surface area contributed by atoms with Crippen LogP contribution in [0.2, 0.25) is 0 Å². The van der Waals surface area contributed by atoms with Crippen LogP contribution in [-0.4, -0.2) is 22.6 Å². The molecular weight excluding hydrogens is 378 g/mol. The fourth-order valence-corrected chi connectivity index (χ4v) is 4.83. The van der Waals surface area contributed by atoms with Gasteiger partial charge in [-0.2, -0.15) is 0 Å². The molecule has 3 aromatic rings. The summed E-state index contributed by atoms with van der Waals surface area (Å²) in [5.74, 6) is 0.144. The van der Waals surface area contributed by atoms with Crippen molar-refractivity contribution in [1.82, 2.24) is 4.98 Å². The molecule has 0 aliphatic rings. The maximum atomic E-state index is 12.4. The normalized spacial score (nSPS) is 10.8. The van der Waals surface area contributed by atoms with E-state index in [0.717, 1.165) is 37.1 Å². The lowest BCUT2D eigenvalue weighted by molar-refractivity contribution is -0.114. The minimum absolute atomic E-state index is 0.0479. The molecule has 2 N–H and O–H groups in total. The monoisotopic (exact) mass is 399 g/mol. The molecule has 1 heterocycles. The Morgan fingerprint density at radius 2 is 1.78 bits per heavy atom. The van der Waals surface area contributed by atoms with Crippen molar-refractivity contribution in [3.05, 3.63) is 47.0 Å². The largest absolute Gasteiger partial charge is 0.326 e. The van der Waals surface area contributed by atoms with Crippen LogP contribution in [-0.2, 0) is 9.59 Å². The van der Waals surface area contributed by atoms with Crippen molar-refractivity contribution in [2.24, 2.45) is 0 Å². The predicted octanol–water partition coefficient (Wildman–Crippen LogP) is 4.91. The van der Waals surface area contributed by atoms with Gasteiger partial charge in [-0.25, -0.2) is 4.98 Å². The number of carbonyl (C=O) groups excluding carboxylic acids is 2. The van der Waals surface area contributed by atoms with Crippen LogP contribution in [0.4, 0.5) is 11.4 Å². The standard InChI is InChI=1S/C20H21N3O2S2/c1-11-7-12(2)19(13(3)8-11)23-18(25)10-26-20-22-16-6-5-15(21-14(4)24)9-17(16)27-20/h5-9H,10H2,1-4H3,(H,21,24)(H,23,25). The van der Waals surface area contributed by atoms with E-state index in [-0.39, 0.29) is 11.8 Å². The van der Waals surface area contributed by atoms with Gasteiger partial charge in [-0.1, -0.05) is 29.5 Å². The summed E-state index contributed by atoms with van der Waals surface area (Å²) in [6, 6.07) is 9.73. The lowest BCUT2D eigenvalue weighted by atomic mass is 10.1. The Hall–Kier alpha value is -2.38. The van der Waals surface area contributed by atoms with E-state index in [1.165, 1.54) is 35.6 Å². The first kappa shape index (κ1) is 19.4. The number of nitrogens with zero attached hydrogens (tertiary/aromatic N) is 1. The zero-order valence-corrected chi connectivity index (χ0v) is 17.3. The fourth-order valence-electron chi connectivity index (χ4n) is 2.93. The molecule has 2 amide bonds. The lowest BCUT2D eigenvalue weighted by Gasteiger charge is -2.12. The molecule has 0 bridgehead atoms. The predicted molar refractivity (Wildman–Crippen MR) is 114 cm³/mol. The van der Waals surface area contributed by atoms with E-state index < -0.39 is 0 Å². The number of thiazole rings is 1. The zero-order chi connectivity index (χ0) is 19.6. The summed E-state index contributed by atoms with van der Waals surface area (Å²) in [6.07, 6.45) is 0. The third-order valence-electron chi connectivity index (χ3n) is 3.96. The van der Waals surface area contributed by atoms with Crippen LogP contribution in [0.3, 0.4) is 0 Å². The van der Waals surface area contributed by atoms with Crippen molar-refractivity contribution in [3.8, 4) is 0 Å². The van der Waals surface area contributed by atoms with Gasteiger partial charge in [0, 0.05) is 18.3 Å². The minimum Gasteiger partial charge on any atom is -0.326 e. The van der Waals surface area contributed by atoms with Gasteiger partial charge < -0.3 is 10.6 Å². The van der Waals surface area contributed by atoms with Gasteiger partial charge in [-0.05, 0) is 50.1 Å². The molecule has 0 fully saturated rings. The molecule has 0 aliphatic carbocycles. The SMILES string of the molecule is CC(=O)Nc1ccc2nc(SCC(=O)Nc3c(C)cc(C)cc3C)sc2c1. The Balaban J connectivity index is 1.66. The number of hydrogen-bond donors (Lipinski definition) is 2. The van der Waals surface area contributed by atoms with Crippen molar-refractivity contribution in [3.63, 3.8) is 0 Å². The summed E-state index contributed by atoms with van der Waals surface area (Å²) in [5.41, 5.74) is 5.81. The van der Waals surface area contributed by atoms with E-state index in [2.05, 4.69) is 27.8 Å². The highest BCUT2D eigenvalue weighted by Crippen LogP contribution is 2.31. The number of fused-ring (bicyclic) bond motifs is 1. The molecule has 140 valence electrons. The topological polar surface area (TPSA) is 71.1 Å². The average molecular weight is 400 g/mol. The Labute approximate surface area is 166 Å². The zero-order valence-electron chi connectivity index (χ0n) is 15.7. The molecule has 3 rings (SSSR count). The number of thioether (sulfide) groups is 1. The Kier molecular flexibility index (Phi) is 5.82. The average Bonchev–Trinajstić information content (AvgIpc) is 2.98. The number of anilines is 2. The van der Waals surface area contributed by atoms with Crippen molar-refractivity contribution in [2.75, 3.05) is 16.4 Å². The highest BCUT2D eigenvalue weighted by Gasteiger charge is 2.11. The Morgan fingerprint density at radius 1 is 1.07 bits per heavy atom. The first-order chi connectivity index (χ1) is 12.8. The van der Waals surface area contributed by atoms with Crippen molar-refractivity contribution >= 4 is 56.5 Å². The van der Waals surface area contributed by atoms with E-state index >= 15 is 0 Å². The molecule has 7 heteroatoms. The molecule has 0 unspecified atom stereocenters. The first-order valence-corrected chi connectivity index (χ1v) is 10.3. The van der Waals surface area contributed by atoms with Crippen molar-refractivity contribution in [1.29, 1.82) is 0 Å². The molecule has 27 heavy (non-hydrogen) atoms. The van der Waals surface area contributed by atoms with E-state index in [0.29, 0.717) is 5.75 Å². The number of amides is 2. The molecule has 0 spiro atoms. The Bertz CT molecular complexity index is 1000. The molecule has 1 aromatic heterocycles. The number of aromatic nitrogens is 1. The second-order valence-electron chi connectivity index (χ2n) is 6.45. The third kappa shape index (κ3) is 4.87. The smallest absolute Gasteiger partial charge is 0.234 e. The number of benzene rings is 2. The summed E-state index contributed by atoms with van der Waals surface area (Å²) in [6.45, 7) is 7.53. The summed E-state index contributed by atoms with van der Waals surface area (Å²) in [4.78, 5) is 28.1. The first-order valence-electron chi connectivity index (χ1n) is 8.50. The molecule has 0 radical (unpaired) electrons. The maximum Gasteiger partial charge on any atom is 0.234 e. The Morgan fingerprint density at radius 3 is 2.44 bits per heavy atom. The summed E-state index contributed by atoms with van der Waals surface area (Å²) in [7, 11) is 0. The molecule has 0 saturated carbocycles. The van der Waals surface area contributed by atoms with E-state index in [1.54, 1.807) is 0 Å². The molecule has 0 aliphatic heterocycles. The van der Waals surface area contributed by atoms with Gasteiger partial charge in [0.2, 0.25) is 11.8 Å². The van der Waals surface area contributed by atoms with Gasteiger partial charge in [0.05, 0.1) is 16.0 Å². The second-order valence-corrected chi connectivity index (χ2v) is 8.71. The van der Waals surface area contributed by atoms with Crippen LogP contribution in [0.5, 0.6) is 0 Å². The van der Waals surface area contributed by atoms with Crippen LogP contribution in [0.1, 0.15) is 23.6 Å². The van der Waals surface area contributed by atoms with Crippen molar-refractivity contribution < 1.29 is 9.59 Å². The lowest BCUT2D eigenvalue weighted by Crippen LogP contribution is -2.15. The van der Waals surface area contributed by atoms with Gasteiger partial charge in [0.1, 0.15) is 0 Å². The van der Waals surface area contributed by atoms with Crippen LogP contribution < -0.4 is 10.6 Å². The highest BCUT2D eigenvalue weighted by molar-refractivity contribution is 8.01. The van der Waals surface area contributed by atoms with Crippen LogP contribution in [0.15, 0.2) is 34.7 Å². The minimum atomic E-state index is -0.105. The van der Waals surface area contributed by atoms with E-state index in [4.69, 9.17) is 0 Å². The van der Waals surface area contributed by atoms with Gasteiger partial charge >= 0.3 is 0 Å². The number of hydrogen-bond acceptors (Lipinski definition) is 5. The van der Waals surface area contributed by atoms with Gasteiger partial charge in [0.25, 0.3) is 0 Å². The van der Waals surface area contributed by atoms with Gasteiger partial charge in [0.15, 0.2) is 4.34 Å². The fraction of sp³-hybridized carbons (Fsp3) is 0.250. The van der Waals surface area contributed by atoms with Crippen LogP contribution >= 0.6 is 23.1 Å². The number of carbonyl (C=O) groups is 2. The van der Waals surface area contributed by atoms with Gasteiger partial charge in [-0.3, -0.25) is 9.59 Å².